The molecule has 3 rings (SSSR count). The highest BCUT2D eigenvalue weighted by molar-refractivity contribution is 5.59. The third kappa shape index (κ3) is 3.94. The molecule has 0 bridgehead atoms. The van der Waals surface area contributed by atoms with Crippen LogP contribution in [-0.4, -0.2) is 4.98 Å². The SMILES string of the molecule is Cc1ccc(CNc2oc(-c3ccc(C(C)(C)C)cc3)nc2C#N)cc1. The first-order valence-electron chi connectivity index (χ1n) is 8.68. The summed E-state index contributed by atoms with van der Waals surface area (Å²) in [6.45, 7) is 9.15. The minimum Gasteiger partial charge on any atom is -0.419 e. The molecule has 3 aromatic rings. The summed E-state index contributed by atoms with van der Waals surface area (Å²) in [5, 5.41) is 12.5. The molecule has 0 aliphatic heterocycles. The van der Waals surface area contributed by atoms with Crippen molar-refractivity contribution < 1.29 is 4.42 Å². The number of hydrogen-bond donors (Lipinski definition) is 1. The van der Waals surface area contributed by atoms with Crippen molar-refractivity contribution in [3.05, 3.63) is 70.9 Å². The van der Waals surface area contributed by atoms with Gasteiger partial charge in [-0.3, -0.25) is 0 Å². The summed E-state index contributed by atoms with van der Waals surface area (Å²) in [5.74, 6) is 0.858. The summed E-state index contributed by atoms with van der Waals surface area (Å²) in [6.07, 6.45) is 0. The molecule has 1 aromatic heterocycles. The van der Waals surface area contributed by atoms with E-state index in [1.807, 2.05) is 12.1 Å². The molecule has 0 amide bonds. The van der Waals surface area contributed by atoms with Crippen LogP contribution in [0.1, 0.15) is 43.2 Å². The highest BCUT2D eigenvalue weighted by atomic mass is 16.4. The molecule has 4 heteroatoms. The molecule has 0 saturated carbocycles. The van der Waals surface area contributed by atoms with Gasteiger partial charge in [0, 0.05) is 12.1 Å². The lowest BCUT2D eigenvalue weighted by Gasteiger charge is -2.18. The lowest BCUT2D eigenvalue weighted by molar-refractivity contribution is 0.582. The van der Waals surface area contributed by atoms with E-state index in [0.29, 0.717) is 18.3 Å². The number of nitrogens with one attached hydrogen (secondary N) is 1. The van der Waals surface area contributed by atoms with Crippen molar-refractivity contribution in [3.8, 4) is 17.5 Å². The molecule has 0 aliphatic carbocycles. The van der Waals surface area contributed by atoms with Crippen LogP contribution in [0.2, 0.25) is 0 Å². The van der Waals surface area contributed by atoms with Crippen molar-refractivity contribution in [1.82, 2.24) is 4.98 Å². The van der Waals surface area contributed by atoms with Crippen LogP contribution in [0.25, 0.3) is 11.5 Å². The molecule has 26 heavy (non-hydrogen) atoms. The second-order valence-corrected chi connectivity index (χ2v) is 7.48. The number of benzene rings is 2. The molecule has 1 heterocycles. The topological polar surface area (TPSA) is 61.9 Å². The molecule has 0 saturated heterocycles. The van der Waals surface area contributed by atoms with Crippen LogP contribution in [0.5, 0.6) is 0 Å². The van der Waals surface area contributed by atoms with E-state index in [1.165, 1.54) is 11.1 Å². The maximum atomic E-state index is 9.35. The Morgan fingerprint density at radius 1 is 1.04 bits per heavy atom. The quantitative estimate of drug-likeness (QED) is 0.685. The first kappa shape index (κ1) is 17.8. The van der Waals surface area contributed by atoms with E-state index in [4.69, 9.17) is 4.42 Å². The number of oxazole rings is 1. The van der Waals surface area contributed by atoms with Gasteiger partial charge in [0.15, 0.2) is 0 Å². The maximum Gasteiger partial charge on any atom is 0.232 e. The highest BCUT2D eigenvalue weighted by Crippen LogP contribution is 2.28. The summed E-state index contributed by atoms with van der Waals surface area (Å²) in [7, 11) is 0. The molecular weight excluding hydrogens is 322 g/mol. The van der Waals surface area contributed by atoms with Crippen LogP contribution >= 0.6 is 0 Å². The van der Waals surface area contributed by atoms with Crippen molar-refractivity contribution in [3.63, 3.8) is 0 Å². The molecule has 0 fully saturated rings. The first-order valence-corrected chi connectivity index (χ1v) is 8.68. The number of rotatable bonds is 4. The average molecular weight is 345 g/mol. The van der Waals surface area contributed by atoms with Crippen LogP contribution in [0.4, 0.5) is 5.88 Å². The summed E-state index contributed by atoms with van der Waals surface area (Å²) in [6, 6.07) is 18.4. The standard InChI is InChI=1S/C22H23N3O/c1-15-5-7-16(8-6-15)14-24-21-19(13-23)25-20(26-21)17-9-11-18(12-10-17)22(2,3)4/h5-12,24H,14H2,1-4H3. The Labute approximate surface area is 154 Å². The lowest BCUT2D eigenvalue weighted by atomic mass is 9.87. The molecule has 1 N–H and O–H groups in total. The van der Waals surface area contributed by atoms with Crippen LogP contribution in [0.15, 0.2) is 52.9 Å². The largest absolute Gasteiger partial charge is 0.419 e. The zero-order valence-corrected chi connectivity index (χ0v) is 15.6. The van der Waals surface area contributed by atoms with E-state index in [0.717, 1.165) is 11.1 Å². The van der Waals surface area contributed by atoms with Gasteiger partial charge < -0.3 is 9.73 Å². The minimum absolute atomic E-state index is 0.0910. The van der Waals surface area contributed by atoms with E-state index < -0.39 is 0 Å². The van der Waals surface area contributed by atoms with Crippen molar-refractivity contribution in [2.24, 2.45) is 0 Å². The maximum absolute atomic E-state index is 9.35. The van der Waals surface area contributed by atoms with Gasteiger partial charge >= 0.3 is 0 Å². The molecule has 0 unspecified atom stereocenters. The van der Waals surface area contributed by atoms with Gasteiger partial charge in [0.05, 0.1) is 0 Å². The monoisotopic (exact) mass is 345 g/mol. The van der Waals surface area contributed by atoms with Crippen LogP contribution < -0.4 is 5.32 Å². The summed E-state index contributed by atoms with van der Waals surface area (Å²) < 4.78 is 5.82. The van der Waals surface area contributed by atoms with Crippen LogP contribution in [-0.2, 0) is 12.0 Å². The van der Waals surface area contributed by atoms with Gasteiger partial charge in [0.1, 0.15) is 6.07 Å². The highest BCUT2D eigenvalue weighted by Gasteiger charge is 2.17. The number of anilines is 1. The third-order valence-electron chi connectivity index (χ3n) is 4.30. The molecule has 0 aliphatic rings. The Balaban J connectivity index is 1.80. The molecule has 0 atom stereocenters. The predicted molar refractivity (Wildman–Crippen MR) is 104 cm³/mol. The van der Waals surface area contributed by atoms with Gasteiger partial charge in [-0.05, 0) is 35.6 Å². The molecule has 2 aromatic carbocycles. The van der Waals surface area contributed by atoms with Crippen molar-refractivity contribution in [2.45, 2.75) is 39.7 Å². The molecule has 4 nitrogen and oxygen atoms in total. The molecule has 0 radical (unpaired) electrons. The smallest absolute Gasteiger partial charge is 0.232 e. The normalized spacial score (nSPS) is 11.2. The summed E-state index contributed by atoms with van der Waals surface area (Å²) in [5.41, 5.74) is 4.79. The fourth-order valence-electron chi connectivity index (χ4n) is 2.64. The van der Waals surface area contributed by atoms with Crippen molar-refractivity contribution >= 4 is 5.88 Å². The van der Waals surface area contributed by atoms with E-state index in [2.05, 4.69) is 80.5 Å². The number of hydrogen-bond acceptors (Lipinski definition) is 4. The Morgan fingerprint density at radius 2 is 1.69 bits per heavy atom. The van der Waals surface area contributed by atoms with Gasteiger partial charge in [0.2, 0.25) is 17.5 Å². The number of nitrogens with zero attached hydrogens (tertiary/aromatic N) is 2. The lowest BCUT2D eigenvalue weighted by Crippen LogP contribution is -2.10. The Bertz CT molecular complexity index is 924. The van der Waals surface area contributed by atoms with Gasteiger partial charge in [0.25, 0.3) is 0 Å². The zero-order valence-electron chi connectivity index (χ0n) is 15.6. The molecular formula is C22H23N3O. The third-order valence-corrected chi connectivity index (χ3v) is 4.30. The van der Waals surface area contributed by atoms with Gasteiger partial charge in [-0.1, -0.05) is 62.7 Å². The van der Waals surface area contributed by atoms with Crippen molar-refractivity contribution in [2.75, 3.05) is 5.32 Å². The Hall–Kier alpha value is -3.06. The summed E-state index contributed by atoms with van der Waals surface area (Å²) >= 11 is 0. The fourth-order valence-corrected chi connectivity index (χ4v) is 2.64. The average Bonchev–Trinajstić information content (AvgIpc) is 3.04. The van der Waals surface area contributed by atoms with E-state index in [9.17, 15) is 5.26 Å². The van der Waals surface area contributed by atoms with Crippen molar-refractivity contribution in [1.29, 1.82) is 5.26 Å². The van der Waals surface area contributed by atoms with Crippen LogP contribution in [0.3, 0.4) is 0 Å². The number of aryl methyl sites for hydroxylation is 1. The van der Waals surface area contributed by atoms with E-state index >= 15 is 0 Å². The van der Waals surface area contributed by atoms with Crippen LogP contribution in [0, 0.1) is 18.3 Å². The van der Waals surface area contributed by atoms with Gasteiger partial charge in [-0.2, -0.15) is 10.2 Å². The molecule has 132 valence electrons. The second-order valence-electron chi connectivity index (χ2n) is 7.48. The molecule has 0 spiro atoms. The predicted octanol–water partition coefficient (Wildman–Crippen LogP) is 5.43. The van der Waals surface area contributed by atoms with E-state index in [-0.39, 0.29) is 11.1 Å². The van der Waals surface area contributed by atoms with Gasteiger partial charge in [-0.25, -0.2) is 0 Å². The van der Waals surface area contributed by atoms with Gasteiger partial charge in [-0.15, -0.1) is 0 Å². The minimum atomic E-state index is 0.0910. The van der Waals surface area contributed by atoms with E-state index in [1.54, 1.807) is 0 Å². The Morgan fingerprint density at radius 3 is 2.27 bits per heavy atom. The second kappa shape index (κ2) is 7.05. The number of aromatic nitrogens is 1. The zero-order chi connectivity index (χ0) is 18.7. The first-order chi connectivity index (χ1) is 12.4. The number of nitriles is 1. The summed E-state index contributed by atoms with van der Waals surface area (Å²) in [4.78, 5) is 4.33. The fraction of sp³-hybridized carbons (Fsp3) is 0.273. The Kier molecular flexibility index (Phi) is 4.81.